The largest absolute Gasteiger partial charge is 0.465 e. The Balaban J connectivity index is 1.90. The molecule has 0 atom stereocenters. The first-order valence-electron chi connectivity index (χ1n) is 11.2. The number of esters is 1. The fraction of sp³-hybridized carbons (Fsp3) is 0.360. The average molecular weight is 476 g/mol. The van der Waals surface area contributed by atoms with Crippen LogP contribution in [0.5, 0.6) is 0 Å². The lowest BCUT2D eigenvalue weighted by atomic mass is 10.1. The first-order valence-corrected chi connectivity index (χ1v) is 11.2. The lowest BCUT2D eigenvalue weighted by Crippen LogP contribution is -2.17. The second kappa shape index (κ2) is 11.6. The normalized spacial score (nSPS) is 11.0. The summed E-state index contributed by atoms with van der Waals surface area (Å²) < 4.78 is 53.9. The molecule has 1 aromatic heterocycles. The molecule has 3 aromatic rings. The topological polar surface area (TPSA) is 80.6 Å². The number of hydrogen-bond donors (Lipinski definition) is 2. The van der Waals surface area contributed by atoms with Crippen molar-refractivity contribution in [1.29, 1.82) is 0 Å². The van der Waals surface area contributed by atoms with Crippen molar-refractivity contribution < 1.29 is 27.1 Å². The van der Waals surface area contributed by atoms with Crippen LogP contribution in [0.25, 0.3) is 22.3 Å². The molecule has 0 aliphatic carbocycles. The number of ether oxygens (including phenoxy) is 1. The van der Waals surface area contributed by atoms with Gasteiger partial charge in [-0.05, 0) is 31.5 Å². The lowest BCUT2D eigenvalue weighted by molar-refractivity contribution is -0.140. The Bertz CT molecular complexity index is 1230. The first-order chi connectivity index (χ1) is 16.3. The number of rotatable bonds is 11. The van der Waals surface area contributed by atoms with E-state index in [4.69, 9.17) is 9.15 Å². The van der Waals surface area contributed by atoms with Gasteiger partial charge < -0.3 is 19.8 Å². The van der Waals surface area contributed by atoms with Gasteiger partial charge in [-0.1, -0.05) is 26.2 Å². The molecule has 0 spiro atoms. The lowest BCUT2D eigenvalue weighted by Gasteiger charge is -2.12. The molecule has 0 fully saturated rings. The van der Waals surface area contributed by atoms with Crippen molar-refractivity contribution >= 4 is 28.3 Å². The standard InChI is InChI=1S/C25H27F3N2O4/c1-3-5-6-7-10-29-24-17(27)12-18(28)25-23(24)20(31)13-21(34-25)15-8-9-19(16(26)11-15)30-14-22(32)33-4-2/h8-9,11-13,29-30H,3-7,10,14H2,1-2H3. The summed E-state index contributed by atoms with van der Waals surface area (Å²) in [5.41, 5.74) is -0.961. The van der Waals surface area contributed by atoms with Gasteiger partial charge in [0.1, 0.15) is 23.9 Å². The summed E-state index contributed by atoms with van der Waals surface area (Å²) in [4.78, 5) is 24.3. The van der Waals surface area contributed by atoms with Gasteiger partial charge in [-0.15, -0.1) is 0 Å². The third kappa shape index (κ3) is 5.89. The summed E-state index contributed by atoms with van der Waals surface area (Å²) in [5, 5.41) is 5.27. The van der Waals surface area contributed by atoms with Crippen LogP contribution in [-0.2, 0) is 9.53 Å². The number of unbranched alkanes of at least 4 members (excludes halogenated alkanes) is 3. The summed E-state index contributed by atoms with van der Waals surface area (Å²) >= 11 is 0. The van der Waals surface area contributed by atoms with E-state index in [0.29, 0.717) is 12.6 Å². The van der Waals surface area contributed by atoms with E-state index >= 15 is 0 Å². The quantitative estimate of drug-likeness (QED) is 0.267. The molecular formula is C25H27F3N2O4. The predicted octanol–water partition coefficient (Wildman–Crippen LogP) is 5.84. The van der Waals surface area contributed by atoms with Crippen molar-refractivity contribution in [3.05, 3.63) is 58.0 Å². The number of nitrogens with one attached hydrogen (secondary N) is 2. The molecule has 0 amide bonds. The maximum absolute atomic E-state index is 14.5. The van der Waals surface area contributed by atoms with E-state index < -0.39 is 34.4 Å². The smallest absolute Gasteiger partial charge is 0.325 e. The van der Waals surface area contributed by atoms with E-state index in [2.05, 4.69) is 17.6 Å². The molecule has 0 aliphatic rings. The Labute approximate surface area is 195 Å². The molecule has 0 radical (unpaired) electrons. The number of fused-ring (bicyclic) bond motifs is 1. The highest BCUT2D eigenvalue weighted by molar-refractivity contribution is 5.91. The molecule has 2 aromatic carbocycles. The highest BCUT2D eigenvalue weighted by Gasteiger charge is 2.19. The zero-order valence-electron chi connectivity index (χ0n) is 19.1. The van der Waals surface area contributed by atoms with Crippen LogP contribution in [0.1, 0.15) is 39.5 Å². The summed E-state index contributed by atoms with van der Waals surface area (Å²) in [7, 11) is 0. The maximum Gasteiger partial charge on any atom is 0.325 e. The van der Waals surface area contributed by atoms with Crippen molar-refractivity contribution in [3.8, 4) is 11.3 Å². The van der Waals surface area contributed by atoms with Gasteiger partial charge in [-0.25, -0.2) is 13.2 Å². The Hall–Kier alpha value is -3.49. The SMILES string of the molecule is CCCCCCNc1c(F)cc(F)c2oc(-c3ccc(NCC(=O)OCC)c(F)c3)cc(=O)c12. The molecule has 182 valence electrons. The van der Waals surface area contributed by atoms with E-state index in [1.54, 1.807) is 6.92 Å². The van der Waals surface area contributed by atoms with E-state index in [1.165, 1.54) is 12.1 Å². The van der Waals surface area contributed by atoms with Crippen LogP contribution < -0.4 is 16.1 Å². The highest BCUT2D eigenvalue weighted by Crippen LogP contribution is 2.31. The highest BCUT2D eigenvalue weighted by atomic mass is 19.1. The number of hydrogen-bond acceptors (Lipinski definition) is 6. The summed E-state index contributed by atoms with van der Waals surface area (Å²) in [6.07, 6.45) is 3.79. The van der Waals surface area contributed by atoms with E-state index in [-0.39, 0.29) is 41.2 Å². The maximum atomic E-state index is 14.5. The van der Waals surface area contributed by atoms with Crippen LogP contribution in [0.15, 0.2) is 39.5 Å². The molecule has 0 saturated carbocycles. The van der Waals surface area contributed by atoms with Crippen LogP contribution in [0, 0.1) is 17.5 Å². The Morgan fingerprint density at radius 3 is 2.47 bits per heavy atom. The number of carbonyl (C=O) groups is 1. The second-order valence-corrected chi connectivity index (χ2v) is 7.73. The molecule has 0 unspecified atom stereocenters. The minimum atomic E-state index is -1.03. The van der Waals surface area contributed by atoms with Crippen LogP contribution in [0.4, 0.5) is 24.5 Å². The molecule has 9 heteroatoms. The van der Waals surface area contributed by atoms with Gasteiger partial charge in [0.25, 0.3) is 0 Å². The van der Waals surface area contributed by atoms with Gasteiger partial charge in [0, 0.05) is 24.2 Å². The second-order valence-electron chi connectivity index (χ2n) is 7.73. The molecule has 0 saturated heterocycles. The van der Waals surface area contributed by atoms with Gasteiger partial charge >= 0.3 is 5.97 Å². The van der Waals surface area contributed by atoms with Crippen LogP contribution in [0.3, 0.4) is 0 Å². The third-order valence-electron chi connectivity index (χ3n) is 5.22. The van der Waals surface area contributed by atoms with Crippen molar-refractivity contribution in [2.75, 3.05) is 30.3 Å². The Kier molecular flexibility index (Phi) is 8.56. The van der Waals surface area contributed by atoms with Crippen LogP contribution >= 0.6 is 0 Å². The van der Waals surface area contributed by atoms with Crippen LogP contribution in [-0.4, -0.2) is 25.7 Å². The van der Waals surface area contributed by atoms with Crippen molar-refractivity contribution in [2.24, 2.45) is 0 Å². The van der Waals surface area contributed by atoms with E-state index in [1.807, 2.05) is 0 Å². The molecular weight excluding hydrogens is 449 g/mol. The van der Waals surface area contributed by atoms with E-state index in [9.17, 15) is 22.8 Å². The van der Waals surface area contributed by atoms with Crippen LogP contribution in [0.2, 0.25) is 0 Å². The monoisotopic (exact) mass is 476 g/mol. The van der Waals surface area contributed by atoms with Gasteiger partial charge in [0.05, 0.1) is 23.4 Å². The third-order valence-corrected chi connectivity index (χ3v) is 5.22. The molecule has 3 rings (SSSR count). The Morgan fingerprint density at radius 1 is 0.971 bits per heavy atom. The molecule has 0 bridgehead atoms. The van der Waals surface area contributed by atoms with Gasteiger partial charge in [-0.3, -0.25) is 9.59 Å². The van der Waals surface area contributed by atoms with Crippen molar-refractivity contribution in [2.45, 2.75) is 39.5 Å². The average Bonchev–Trinajstić information content (AvgIpc) is 2.80. The fourth-order valence-corrected chi connectivity index (χ4v) is 3.54. The number of halogens is 3. The molecule has 2 N–H and O–H groups in total. The van der Waals surface area contributed by atoms with Gasteiger partial charge in [0.15, 0.2) is 16.8 Å². The zero-order valence-corrected chi connectivity index (χ0v) is 19.1. The molecule has 34 heavy (non-hydrogen) atoms. The fourth-order valence-electron chi connectivity index (χ4n) is 3.54. The minimum absolute atomic E-state index is 0.0442. The first kappa shape index (κ1) is 25.1. The summed E-state index contributed by atoms with van der Waals surface area (Å²) in [6.45, 7) is 4.14. The number of anilines is 2. The van der Waals surface area contributed by atoms with E-state index in [0.717, 1.165) is 37.8 Å². The van der Waals surface area contributed by atoms with Gasteiger partial charge in [-0.2, -0.15) is 0 Å². The van der Waals surface area contributed by atoms with Gasteiger partial charge in [0.2, 0.25) is 0 Å². The van der Waals surface area contributed by atoms with Crippen molar-refractivity contribution in [3.63, 3.8) is 0 Å². The minimum Gasteiger partial charge on any atom is -0.465 e. The number of benzene rings is 2. The predicted molar refractivity (Wildman–Crippen MR) is 126 cm³/mol. The summed E-state index contributed by atoms with van der Waals surface area (Å²) in [6, 6.07) is 5.63. The molecule has 6 nitrogen and oxygen atoms in total. The number of carbonyl (C=O) groups excluding carboxylic acids is 1. The van der Waals surface area contributed by atoms with Crippen molar-refractivity contribution in [1.82, 2.24) is 0 Å². The molecule has 1 heterocycles. The molecule has 0 aliphatic heterocycles. The zero-order chi connectivity index (χ0) is 24.7. The Morgan fingerprint density at radius 2 is 1.76 bits per heavy atom. The summed E-state index contributed by atoms with van der Waals surface area (Å²) in [5.74, 6) is -3.24.